The molecule has 0 aliphatic carbocycles. The van der Waals surface area contributed by atoms with E-state index in [0.717, 1.165) is 16.0 Å². The van der Waals surface area contributed by atoms with Crippen molar-refractivity contribution in [3.63, 3.8) is 0 Å². The predicted octanol–water partition coefficient (Wildman–Crippen LogP) is 5.97. The average Bonchev–Trinajstić information content (AvgIpc) is 3.54. The molecule has 4 atom stereocenters. The van der Waals surface area contributed by atoms with E-state index in [4.69, 9.17) is 9.47 Å². The number of rotatable bonds is 9. The van der Waals surface area contributed by atoms with Crippen molar-refractivity contribution >= 4 is 40.9 Å². The number of nitrogens with zero attached hydrogens (tertiary/aromatic N) is 1. The number of alkyl halides is 3. The summed E-state index contributed by atoms with van der Waals surface area (Å²) in [4.78, 5) is 37.8. The second kappa shape index (κ2) is 14.7. The van der Waals surface area contributed by atoms with Gasteiger partial charge in [0, 0.05) is 47.5 Å². The van der Waals surface area contributed by atoms with E-state index in [9.17, 15) is 32.7 Å². The highest BCUT2D eigenvalue weighted by atomic mass is 32.2. The largest absolute Gasteiger partial charge is 0.471 e. The Kier molecular flexibility index (Phi) is 10.7. The van der Waals surface area contributed by atoms with Gasteiger partial charge in [0.25, 0.3) is 0 Å². The Morgan fingerprint density at radius 2 is 1.70 bits per heavy atom. The van der Waals surface area contributed by atoms with Gasteiger partial charge in [0.05, 0.1) is 18.8 Å². The number of aliphatic hydroxyl groups is 1. The van der Waals surface area contributed by atoms with E-state index in [2.05, 4.69) is 10.6 Å². The van der Waals surface area contributed by atoms with Crippen LogP contribution in [0, 0.1) is 0 Å². The lowest BCUT2D eigenvalue weighted by Crippen LogP contribution is -2.48. The molecule has 0 aromatic heterocycles. The summed E-state index contributed by atoms with van der Waals surface area (Å²) in [6.45, 7) is 1.22. The summed E-state index contributed by atoms with van der Waals surface area (Å²) >= 11 is 1.59. The summed E-state index contributed by atoms with van der Waals surface area (Å²) in [7, 11) is 0. The Bertz CT molecular complexity index is 1540. The molecule has 2 fully saturated rings. The molecular formula is C33H34F3N3O6S. The number of benzene rings is 3. The van der Waals surface area contributed by atoms with E-state index in [-0.39, 0.29) is 37.7 Å². The molecule has 2 saturated heterocycles. The van der Waals surface area contributed by atoms with Crippen molar-refractivity contribution in [1.82, 2.24) is 4.90 Å². The molecule has 244 valence electrons. The number of carbonyl (C=O) groups is 3. The van der Waals surface area contributed by atoms with Gasteiger partial charge in [-0.3, -0.25) is 14.4 Å². The maximum atomic E-state index is 13.1. The molecule has 2 aliphatic heterocycles. The highest BCUT2D eigenvalue weighted by Gasteiger charge is 2.47. The van der Waals surface area contributed by atoms with Crippen LogP contribution in [0.2, 0.25) is 0 Å². The second-order valence-electron chi connectivity index (χ2n) is 11.1. The average molecular weight is 658 g/mol. The van der Waals surface area contributed by atoms with Crippen LogP contribution in [0.4, 0.5) is 24.5 Å². The molecule has 2 aliphatic rings. The number of nitrogens with one attached hydrogen (secondary N) is 2. The van der Waals surface area contributed by atoms with Crippen molar-refractivity contribution in [2.75, 3.05) is 22.9 Å². The number of hydrogen-bond acceptors (Lipinski definition) is 7. The van der Waals surface area contributed by atoms with Crippen LogP contribution in [0.15, 0.2) is 77.7 Å². The summed E-state index contributed by atoms with van der Waals surface area (Å²) in [6, 6.07) is 20.4. The molecule has 2 heterocycles. The first-order valence-electron chi connectivity index (χ1n) is 14.8. The molecule has 3 aromatic carbocycles. The predicted molar refractivity (Wildman–Crippen MR) is 166 cm³/mol. The Morgan fingerprint density at radius 1 is 0.957 bits per heavy atom. The van der Waals surface area contributed by atoms with Crippen molar-refractivity contribution < 1.29 is 42.1 Å². The minimum absolute atomic E-state index is 0.0843. The van der Waals surface area contributed by atoms with Gasteiger partial charge in [-0.05, 0) is 60.4 Å². The number of anilines is 2. The van der Waals surface area contributed by atoms with Crippen LogP contribution in [0.3, 0.4) is 0 Å². The van der Waals surface area contributed by atoms with Crippen molar-refractivity contribution in [1.29, 1.82) is 0 Å². The number of aliphatic hydroxyl groups excluding tert-OH is 1. The van der Waals surface area contributed by atoms with E-state index < -0.39 is 30.3 Å². The van der Waals surface area contributed by atoms with Crippen LogP contribution in [0.1, 0.15) is 55.3 Å². The molecule has 13 heteroatoms. The first kappa shape index (κ1) is 33.5. The molecule has 0 radical (unpaired) electrons. The minimum Gasteiger partial charge on any atom is -0.392 e. The van der Waals surface area contributed by atoms with E-state index >= 15 is 0 Å². The second-order valence-corrected chi connectivity index (χ2v) is 12.2. The Morgan fingerprint density at radius 3 is 2.37 bits per heavy atom. The minimum atomic E-state index is -5.06. The molecular weight excluding hydrogens is 623 g/mol. The van der Waals surface area contributed by atoms with Crippen molar-refractivity contribution in [3.05, 3.63) is 89.5 Å². The Balaban J connectivity index is 1.31. The van der Waals surface area contributed by atoms with E-state index in [1.807, 2.05) is 48.5 Å². The van der Waals surface area contributed by atoms with Gasteiger partial charge in [0.15, 0.2) is 6.29 Å². The topological polar surface area (TPSA) is 117 Å². The summed E-state index contributed by atoms with van der Waals surface area (Å²) < 4.78 is 52.0. The lowest BCUT2D eigenvalue weighted by atomic mass is 10.0. The number of halogens is 3. The van der Waals surface area contributed by atoms with Crippen molar-refractivity contribution in [3.8, 4) is 0 Å². The molecule has 3 amide bonds. The van der Waals surface area contributed by atoms with Crippen LogP contribution in [0.25, 0.3) is 0 Å². The Labute approximate surface area is 268 Å². The summed E-state index contributed by atoms with van der Waals surface area (Å²) in [5.74, 6) is -2.28. The van der Waals surface area contributed by atoms with Crippen LogP contribution < -0.4 is 10.6 Å². The van der Waals surface area contributed by atoms with E-state index in [0.29, 0.717) is 40.4 Å². The third kappa shape index (κ3) is 8.46. The zero-order valence-corrected chi connectivity index (χ0v) is 25.8. The molecule has 3 aromatic rings. The zero-order valence-electron chi connectivity index (χ0n) is 25.0. The molecule has 5 rings (SSSR count). The summed E-state index contributed by atoms with van der Waals surface area (Å²) in [6.07, 6.45) is -5.50. The summed E-state index contributed by atoms with van der Waals surface area (Å²) in [5.41, 5.74) is 3.30. The smallest absolute Gasteiger partial charge is 0.392 e. The third-order valence-corrected chi connectivity index (χ3v) is 8.85. The van der Waals surface area contributed by atoms with Gasteiger partial charge in [0.1, 0.15) is 6.04 Å². The van der Waals surface area contributed by atoms with Gasteiger partial charge in [-0.15, -0.1) is 11.8 Å². The van der Waals surface area contributed by atoms with Crippen LogP contribution in [-0.4, -0.2) is 58.3 Å². The number of thioether (sulfide) groups is 1. The number of likely N-dealkylation sites (tertiary alicyclic amines) is 1. The normalized spacial score (nSPS) is 21.5. The summed E-state index contributed by atoms with van der Waals surface area (Å²) in [5, 5.41) is 14.9. The van der Waals surface area contributed by atoms with Gasteiger partial charge in [-0.2, -0.15) is 13.2 Å². The van der Waals surface area contributed by atoms with Crippen LogP contribution in [-0.2, 0) is 30.5 Å². The monoisotopic (exact) mass is 657 g/mol. The zero-order chi connectivity index (χ0) is 32.8. The number of ether oxygens (including phenoxy) is 2. The number of carbonyl (C=O) groups excluding carboxylic acids is 3. The van der Waals surface area contributed by atoms with Crippen LogP contribution in [0.5, 0.6) is 0 Å². The lowest BCUT2D eigenvalue weighted by molar-refractivity contribution is -0.245. The van der Waals surface area contributed by atoms with E-state index in [1.54, 1.807) is 36.0 Å². The molecule has 0 saturated carbocycles. The van der Waals surface area contributed by atoms with Gasteiger partial charge in [0.2, 0.25) is 11.8 Å². The molecule has 0 unspecified atom stereocenters. The Hall–Kier alpha value is -3.91. The maximum Gasteiger partial charge on any atom is 0.471 e. The van der Waals surface area contributed by atoms with Gasteiger partial charge < -0.3 is 30.1 Å². The number of hydrogen-bond donors (Lipinski definition) is 3. The van der Waals surface area contributed by atoms with Crippen molar-refractivity contribution in [2.45, 2.75) is 68.4 Å². The van der Waals surface area contributed by atoms with E-state index in [1.165, 1.54) is 6.92 Å². The first-order chi connectivity index (χ1) is 22.0. The van der Waals surface area contributed by atoms with Crippen molar-refractivity contribution in [2.24, 2.45) is 0 Å². The quantitative estimate of drug-likeness (QED) is 0.243. The molecule has 0 bridgehead atoms. The standard InChI is InChI=1S/C33H34F3N3O6S/c1-20(41)37-24-11-13-27(14-12-24)46-19-26-17-29(22-9-7-21(18-40)8-10-22)45-31(44-26)23-4-2-5-25(16-23)38-30(42)28-6-3-15-39(28)32(43)33(34,35)36/h2,4-5,7-14,16,26,28-29,31,40H,3,6,15,17-19H2,1H3,(H,37,41)(H,38,42)/t26-,28+,29+,31+/m1/s1. The fraction of sp³-hybridized carbons (Fsp3) is 0.364. The highest BCUT2D eigenvalue weighted by molar-refractivity contribution is 7.99. The van der Waals surface area contributed by atoms with Gasteiger partial charge >= 0.3 is 12.1 Å². The molecule has 0 spiro atoms. The fourth-order valence-electron chi connectivity index (χ4n) is 5.48. The van der Waals surface area contributed by atoms with Crippen LogP contribution >= 0.6 is 11.8 Å². The fourth-order valence-corrected chi connectivity index (χ4v) is 6.41. The lowest BCUT2D eigenvalue weighted by Gasteiger charge is -2.36. The third-order valence-electron chi connectivity index (χ3n) is 7.71. The highest BCUT2D eigenvalue weighted by Crippen LogP contribution is 2.40. The SMILES string of the molecule is CC(=O)Nc1ccc(SC[C@H]2C[C@@H](c3ccc(CO)cc3)O[C@@H](c3cccc(NC(=O)[C@@H]4CCCN4C(=O)C(F)(F)F)c3)O2)cc1. The first-order valence-corrected chi connectivity index (χ1v) is 15.8. The van der Waals surface area contributed by atoms with Gasteiger partial charge in [-0.1, -0.05) is 36.4 Å². The molecule has 3 N–H and O–H groups in total. The number of amides is 3. The van der Waals surface area contributed by atoms with Gasteiger partial charge in [-0.25, -0.2) is 0 Å². The molecule has 9 nitrogen and oxygen atoms in total. The maximum absolute atomic E-state index is 13.1. The molecule has 46 heavy (non-hydrogen) atoms.